The quantitative estimate of drug-likeness (QED) is 0.734. The largest absolute Gasteiger partial charge is 0.317 e. The Labute approximate surface area is 104 Å². The lowest BCUT2D eigenvalue weighted by Crippen LogP contribution is -2.18. The van der Waals surface area contributed by atoms with Crippen molar-refractivity contribution in [2.24, 2.45) is 0 Å². The third-order valence-corrected chi connectivity index (χ3v) is 2.88. The van der Waals surface area contributed by atoms with E-state index in [-0.39, 0.29) is 0 Å². The van der Waals surface area contributed by atoms with Gasteiger partial charge in [0.2, 0.25) is 0 Å². The summed E-state index contributed by atoms with van der Waals surface area (Å²) in [7, 11) is 0. The van der Waals surface area contributed by atoms with Crippen molar-refractivity contribution in [1.29, 1.82) is 0 Å². The molecule has 17 heavy (non-hydrogen) atoms. The lowest BCUT2D eigenvalue weighted by atomic mass is 9.99. The number of ketones is 1. The summed E-state index contributed by atoms with van der Waals surface area (Å²) in [5.74, 6) is 0.858. The topological polar surface area (TPSA) is 29.1 Å². The number of rotatable bonds is 7. The smallest absolute Gasteiger partial charge is 0.138 e. The van der Waals surface area contributed by atoms with E-state index in [0.717, 1.165) is 18.7 Å². The molecule has 2 heteroatoms. The maximum atomic E-state index is 11.7. The van der Waals surface area contributed by atoms with Crippen molar-refractivity contribution >= 4 is 5.78 Å². The summed E-state index contributed by atoms with van der Waals surface area (Å²) >= 11 is 0. The van der Waals surface area contributed by atoms with Crippen LogP contribution < -0.4 is 5.32 Å². The summed E-state index contributed by atoms with van der Waals surface area (Å²) in [5, 5.41) is 3.17. The van der Waals surface area contributed by atoms with Crippen LogP contribution in [0.5, 0.6) is 0 Å². The van der Waals surface area contributed by atoms with Crippen molar-refractivity contribution < 1.29 is 4.79 Å². The highest BCUT2D eigenvalue weighted by Crippen LogP contribution is 2.15. The van der Waals surface area contributed by atoms with Gasteiger partial charge in [0.25, 0.3) is 0 Å². The lowest BCUT2D eigenvalue weighted by Gasteiger charge is -2.06. The van der Waals surface area contributed by atoms with Gasteiger partial charge in [0.1, 0.15) is 5.78 Å². The maximum Gasteiger partial charge on any atom is 0.138 e. The molecule has 0 radical (unpaired) electrons. The molecular weight excluding hydrogens is 210 g/mol. The van der Waals surface area contributed by atoms with E-state index >= 15 is 0 Å². The normalized spacial score (nSPS) is 10.8. The van der Waals surface area contributed by atoms with Crippen LogP contribution in [0.2, 0.25) is 0 Å². The molecule has 0 bridgehead atoms. The van der Waals surface area contributed by atoms with E-state index < -0.39 is 0 Å². The van der Waals surface area contributed by atoms with E-state index in [1.54, 1.807) is 0 Å². The molecular formula is C15H23NO. The summed E-state index contributed by atoms with van der Waals surface area (Å²) < 4.78 is 0. The molecule has 2 nitrogen and oxygen atoms in total. The zero-order chi connectivity index (χ0) is 12.7. The molecule has 1 N–H and O–H groups in total. The molecule has 0 heterocycles. The minimum absolute atomic E-state index is 0.309. The predicted molar refractivity (Wildman–Crippen MR) is 72.4 cm³/mol. The fraction of sp³-hybridized carbons (Fsp3) is 0.533. The van der Waals surface area contributed by atoms with Crippen LogP contribution in [0.15, 0.2) is 24.3 Å². The average Bonchev–Trinajstić information content (AvgIpc) is 2.30. The van der Waals surface area contributed by atoms with E-state index in [9.17, 15) is 4.79 Å². The van der Waals surface area contributed by atoms with E-state index in [1.165, 1.54) is 5.56 Å². The Hall–Kier alpha value is -1.15. The Bertz CT molecular complexity index is 340. The Morgan fingerprint density at radius 3 is 2.41 bits per heavy atom. The molecule has 94 valence electrons. The van der Waals surface area contributed by atoms with Crippen molar-refractivity contribution in [3.8, 4) is 0 Å². The van der Waals surface area contributed by atoms with E-state index in [1.807, 2.05) is 0 Å². The van der Waals surface area contributed by atoms with Gasteiger partial charge >= 0.3 is 0 Å². The first-order valence-corrected chi connectivity index (χ1v) is 6.44. The first-order chi connectivity index (χ1) is 8.13. The van der Waals surface area contributed by atoms with Crippen LogP contribution >= 0.6 is 0 Å². The molecule has 0 fully saturated rings. The summed E-state index contributed by atoms with van der Waals surface area (Å²) in [4.78, 5) is 11.7. The highest BCUT2D eigenvalue weighted by molar-refractivity contribution is 5.81. The second-order valence-corrected chi connectivity index (χ2v) is 4.72. The number of carbonyl (C=O) groups excluding carboxylic acids is 1. The Balaban J connectivity index is 2.43. The highest BCUT2D eigenvalue weighted by Gasteiger charge is 2.04. The minimum Gasteiger partial charge on any atom is -0.317 e. The first kappa shape index (κ1) is 13.9. The van der Waals surface area contributed by atoms with Gasteiger partial charge < -0.3 is 5.32 Å². The highest BCUT2D eigenvalue weighted by atomic mass is 16.1. The fourth-order valence-electron chi connectivity index (χ4n) is 1.74. The molecule has 0 aliphatic heterocycles. The molecule has 0 unspecified atom stereocenters. The number of hydrogen-bond acceptors (Lipinski definition) is 2. The number of hydrogen-bond donors (Lipinski definition) is 1. The van der Waals surface area contributed by atoms with Crippen LogP contribution in [0.3, 0.4) is 0 Å². The van der Waals surface area contributed by atoms with Gasteiger partial charge in [-0.15, -0.1) is 0 Å². The van der Waals surface area contributed by atoms with Crippen LogP contribution in [-0.2, 0) is 11.2 Å². The molecule has 1 rings (SSSR count). The summed E-state index contributed by atoms with van der Waals surface area (Å²) in [6.45, 7) is 8.12. The Morgan fingerprint density at radius 1 is 1.24 bits per heavy atom. The zero-order valence-corrected chi connectivity index (χ0v) is 11.1. The lowest BCUT2D eigenvalue weighted by molar-refractivity contribution is -0.118. The molecule has 0 aliphatic carbocycles. The molecule has 0 saturated heterocycles. The molecule has 0 atom stereocenters. The van der Waals surface area contributed by atoms with Gasteiger partial charge in [-0.25, -0.2) is 0 Å². The first-order valence-electron chi connectivity index (χ1n) is 6.44. The van der Waals surface area contributed by atoms with Crippen LogP contribution in [0, 0.1) is 0 Å². The van der Waals surface area contributed by atoms with Crippen molar-refractivity contribution in [2.45, 2.75) is 39.5 Å². The van der Waals surface area contributed by atoms with Crippen molar-refractivity contribution in [3.05, 3.63) is 35.4 Å². The second-order valence-electron chi connectivity index (χ2n) is 4.72. The van der Waals surface area contributed by atoms with Crippen LogP contribution in [0.4, 0.5) is 0 Å². The number of nitrogens with one attached hydrogen (secondary N) is 1. The summed E-state index contributed by atoms with van der Waals surface area (Å²) in [5.41, 5.74) is 2.45. The van der Waals surface area contributed by atoms with Crippen LogP contribution in [-0.4, -0.2) is 18.9 Å². The minimum atomic E-state index is 0.309. The number of benzene rings is 1. The Morgan fingerprint density at radius 2 is 1.88 bits per heavy atom. The third-order valence-electron chi connectivity index (χ3n) is 2.88. The zero-order valence-electron chi connectivity index (χ0n) is 11.1. The molecule has 0 amide bonds. The van der Waals surface area contributed by atoms with Gasteiger partial charge in [-0.1, -0.05) is 45.0 Å². The molecule has 0 aliphatic rings. The van der Waals surface area contributed by atoms with E-state index in [4.69, 9.17) is 0 Å². The summed E-state index contributed by atoms with van der Waals surface area (Å²) in [6, 6.07) is 8.39. The number of Topliss-reactive ketones (excluding diaryl/α,β-unsaturated/α-hetero) is 1. The van der Waals surface area contributed by atoms with Crippen molar-refractivity contribution in [1.82, 2.24) is 5.32 Å². The van der Waals surface area contributed by atoms with Gasteiger partial charge in [0.05, 0.1) is 0 Å². The standard InChI is InChI=1S/C15H23NO/c1-4-16-10-9-15(17)11-13-5-7-14(8-6-13)12(2)3/h5-8,12,16H,4,9-11H2,1-3H3. The fourth-order valence-corrected chi connectivity index (χ4v) is 1.74. The molecule has 1 aromatic rings. The summed E-state index contributed by atoms with van der Waals surface area (Å²) in [6.07, 6.45) is 1.18. The van der Waals surface area contributed by atoms with Gasteiger partial charge in [-0.3, -0.25) is 4.79 Å². The maximum absolute atomic E-state index is 11.7. The molecule has 0 spiro atoms. The average molecular weight is 233 g/mol. The van der Waals surface area contributed by atoms with Gasteiger partial charge in [0.15, 0.2) is 0 Å². The monoisotopic (exact) mass is 233 g/mol. The molecule has 0 saturated carbocycles. The third kappa shape index (κ3) is 5.14. The van der Waals surface area contributed by atoms with Crippen LogP contribution in [0.25, 0.3) is 0 Å². The van der Waals surface area contributed by atoms with Crippen LogP contribution in [0.1, 0.15) is 44.2 Å². The van der Waals surface area contributed by atoms with E-state index in [0.29, 0.717) is 24.5 Å². The molecule has 0 aromatic heterocycles. The van der Waals surface area contributed by atoms with E-state index in [2.05, 4.69) is 50.4 Å². The SMILES string of the molecule is CCNCCC(=O)Cc1ccc(C(C)C)cc1. The van der Waals surface area contributed by atoms with Crippen molar-refractivity contribution in [2.75, 3.05) is 13.1 Å². The number of carbonyl (C=O) groups is 1. The van der Waals surface area contributed by atoms with Gasteiger partial charge in [0, 0.05) is 19.4 Å². The Kier molecular flexibility index (Phi) is 5.92. The van der Waals surface area contributed by atoms with Gasteiger partial charge in [-0.2, -0.15) is 0 Å². The second kappa shape index (κ2) is 7.23. The van der Waals surface area contributed by atoms with Crippen molar-refractivity contribution in [3.63, 3.8) is 0 Å². The van der Waals surface area contributed by atoms with Gasteiger partial charge in [-0.05, 0) is 23.6 Å². The molecule has 1 aromatic carbocycles. The predicted octanol–water partition coefficient (Wildman–Crippen LogP) is 2.92.